The van der Waals surface area contributed by atoms with Crippen LogP contribution in [0.4, 0.5) is 0 Å². The summed E-state index contributed by atoms with van der Waals surface area (Å²) in [5.41, 5.74) is 5.36. The number of ether oxygens (including phenoxy) is 1. The summed E-state index contributed by atoms with van der Waals surface area (Å²) in [5, 5.41) is 2.48. The standard InChI is InChI=1S/C21H23N3O6S/c1-14(22-19(25)13-6-15-4-9-17(30-2)10-5-15)20(26)23-24-21(27)16-7-11-18(12-8-16)31(3,28)29/h4-14H,1-3H3,(H,22,25)(H,23,26)(H,24,27)/b13-6+. The molecule has 0 saturated carbocycles. The molecule has 164 valence electrons. The summed E-state index contributed by atoms with van der Waals surface area (Å²) in [6, 6.07) is 11.4. The summed E-state index contributed by atoms with van der Waals surface area (Å²) in [7, 11) is -1.82. The molecule has 0 saturated heterocycles. The van der Waals surface area contributed by atoms with Crippen LogP contribution in [0.15, 0.2) is 59.5 Å². The molecular formula is C21H23N3O6S. The normalized spacial score (nSPS) is 12.1. The van der Waals surface area contributed by atoms with Gasteiger partial charge in [-0.15, -0.1) is 0 Å². The van der Waals surface area contributed by atoms with Crippen molar-refractivity contribution in [3.05, 3.63) is 65.7 Å². The fourth-order valence-electron chi connectivity index (χ4n) is 2.37. The topological polar surface area (TPSA) is 131 Å². The summed E-state index contributed by atoms with van der Waals surface area (Å²) in [4.78, 5) is 36.2. The number of methoxy groups -OCH3 is 1. The van der Waals surface area contributed by atoms with Crippen molar-refractivity contribution < 1.29 is 27.5 Å². The van der Waals surface area contributed by atoms with E-state index in [4.69, 9.17) is 4.74 Å². The monoisotopic (exact) mass is 445 g/mol. The first-order valence-electron chi connectivity index (χ1n) is 9.13. The minimum Gasteiger partial charge on any atom is -0.497 e. The number of hydrogen-bond donors (Lipinski definition) is 3. The van der Waals surface area contributed by atoms with Gasteiger partial charge in [-0.1, -0.05) is 12.1 Å². The fourth-order valence-corrected chi connectivity index (χ4v) is 3.00. The van der Waals surface area contributed by atoms with Crippen LogP contribution < -0.4 is 20.9 Å². The van der Waals surface area contributed by atoms with Gasteiger partial charge in [0.2, 0.25) is 5.91 Å². The molecule has 0 bridgehead atoms. The minimum atomic E-state index is -3.37. The van der Waals surface area contributed by atoms with Crippen LogP contribution >= 0.6 is 0 Å². The van der Waals surface area contributed by atoms with Crippen molar-refractivity contribution in [2.24, 2.45) is 0 Å². The molecule has 0 aliphatic heterocycles. The maximum atomic E-state index is 12.1. The predicted molar refractivity (Wildman–Crippen MR) is 115 cm³/mol. The molecule has 2 aromatic rings. The lowest BCUT2D eigenvalue weighted by molar-refractivity contribution is -0.127. The Labute approximate surface area is 180 Å². The number of carbonyl (C=O) groups excluding carboxylic acids is 3. The molecule has 0 aliphatic rings. The van der Waals surface area contributed by atoms with Gasteiger partial charge in [0.15, 0.2) is 9.84 Å². The first kappa shape index (κ1) is 23.6. The summed E-state index contributed by atoms with van der Waals surface area (Å²) in [5.74, 6) is -1.06. The maximum absolute atomic E-state index is 12.1. The Hall–Kier alpha value is -3.66. The lowest BCUT2D eigenvalue weighted by Crippen LogP contribution is -2.50. The Kier molecular flexibility index (Phi) is 7.92. The number of carbonyl (C=O) groups is 3. The zero-order valence-electron chi connectivity index (χ0n) is 17.2. The van der Waals surface area contributed by atoms with Crippen LogP contribution in [-0.4, -0.2) is 45.5 Å². The number of hydrazine groups is 1. The van der Waals surface area contributed by atoms with Crippen LogP contribution in [0.2, 0.25) is 0 Å². The smallest absolute Gasteiger partial charge is 0.269 e. The van der Waals surface area contributed by atoms with Crippen molar-refractivity contribution in [1.29, 1.82) is 0 Å². The molecule has 0 aliphatic carbocycles. The third kappa shape index (κ3) is 7.27. The van der Waals surface area contributed by atoms with E-state index in [1.165, 1.54) is 37.3 Å². The molecule has 0 fully saturated rings. The van der Waals surface area contributed by atoms with E-state index in [-0.39, 0.29) is 10.5 Å². The number of sulfone groups is 1. The van der Waals surface area contributed by atoms with Crippen molar-refractivity contribution >= 4 is 33.6 Å². The van der Waals surface area contributed by atoms with Crippen LogP contribution in [-0.2, 0) is 19.4 Å². The van der Waals surface area contributed by atoms with Crippen molar-refractivity contribution in [3.8, 4) is 5.75 Å². The van der Waals surface area contributed by atoms with E-state index in [1.54, 1.807) is 37.5 Å². The van der Waals surface area contributed by atoms with E-state index >= 15 is 0 Å². The van der Waals surface area contributed by atoms with Crippen molar-refractivity contribution in [1.82, 2.24) is 16.2 Å². The highest BCUT2D eigenvalue weighted by Gasteiger charge is 2.16. The van der Waals surface area contributed by atoms with E-state index < -0.39 is 33.6 Å². The minimum absolute atomic E-state index is 0.0760. The molecule has 0 heterocycles. The average Bonchev–Trinajstić information content (AvgIpc) is 2.75. The van der Waals surface area contributed by atoms with E-state index in [2.05, 4.69) is 16.2 Å². The van der Waals surface area contributed by atoms with Gasteiger partial charge in [0.25, 0.3) is 11.8 Å². The van der Waals surface area contributed by atoms with Crippen LogP contribution in [0.5, 0.6) is 5.75 Å². The van der Waals surface area contributed by atoms with E-state index in [9.17, 15) is 22.8 Å². The number of hydrogen-bond acceptors (Lipinski definition) is 6. The molecule has 0 aromatic heterocycles. The van der Waals surface area contributed by atoms with Gasteiger partial charge < -0.3 is 10.1 Å². The zero-order valence-corrected chi connectivity index (χ0v) is 18.0. The molecule has 9 nitrogen and oxygen atoms in total. The Morgan fingerprint density at radius 2 is 1.58 bits per heavy atom. The van der Waals surface area contributed by atoms with Gasteiger partial charge in [-0.3, -0.25) is 25.2 Å². The van der Waals surface area contributed by atoms with Crippen LogP contribution in [0.3, 0.4) is 0 Å². The van der Waals surface area contributed by atoms with E-state index in [0.29, 0.717) is 5.75 Å². The maximum Gasteiger partial charge on any atom is 0.269 e. The first-order valence-corrected chi connectivity index (χ1v) is 11.0. The summed E-state index contributed by atoms with van der Waals surface area (Å²) in [6.45, 7) is 1.46. The molecule has 2 aromatic carbocycles. The average molecular weight is 445 g/mol. The van der Waals surface area contributed by atoms with E-state index in [0.717, 1.165) is 11.8 Å². The van der Waals surface area contributed by atoms with Gasteiger partial charge in [-0.05, 0) is 55.0 Å². The third-order valence-corrected chi connectivity index (χ3v) is 5.27. The van der Waals surface area contributed by atoms with Gasteiger partial charge in [-0.2, -0.15) is 0 Å². The molecule has 2 rings (SSSR count). The molecule has 0 spiro atoms. The van der Waals surface area contributed by atoms with E-state index in [1.807, 2.05) is 0 Å². The highest BCUT2D eigenvalue weighted by Crippen LogP contribution is 2.12. The van der Waals surface area contributed by atoms with Crippen molar-refractivity contribution in [3.63, 3.8) is 0 Å². The molecule has 3 amide bonds. The fraction of sp³-hybridized carbons (Fsp3) is 0.190. The number of amides is 3. The molecule has 0 radical (unpaired) electrons. The quantitative estimate of drug-likeness (QED) is 0.432. The summed E-state index contributed by atoms with van der Waals surface area (Å²) in [6.07, 6.45) is 3.93. The highest BCUT2D eigenvalue weighted by molar-refractivity contribution is 7.90. The largest absolute Gasteiger partial charge is 0.497 e. The third-order valence-electron chi connectivity index (χ3n) is 4.14. The Balaban J connectivity index is 1.83. The molecule has 1 atom stereocenters. The number of benzene rings is 2. The molecule has 3 N–H and O–H groups in total. The number of rotatable bonds is 7. The Morgan fingerprint density at radius 1 is 0.968 bits per heavy atom. The second kappa shape index (κ2) is 10.4. The van der Waals surface area contributed by atoms with Gasteiger partial charge in [0.05, 0.1) is 12.0 Å². The van der Waals surface area contributed by atoms with Gasteiger partial charge >= 0.3 is 0 Å². The lowest BCUT2D eigenvalue weighted by Gasteiger charge is -2.13. The molecule has 10 heteroatoms. The lowest BCUT2D eigenvalue weighted by atomic mass is 10.2. The summed E-state index contributed by atoms with van der Waals surface area (Å²) >= 11 is 0. The zero-order chi connectivity index (χ0) is 23.0. The summed E-state index contributed by atoms with van der Waals surface area (Å²) < 4.78 is 27.9. The van der Waals surface area contributed by atoms with Crippen molar-refractivity contribution in [2.75, 3.05) is 13.4 Å². The van der Waals surface area contributed by atoms with Crippen LogP contribution in [0, 0.1) is 0 Å². The van der Waals surface area contributed by atoms with Crippen LogP contribution in [0.25, 0.3) is 6.08 Å². The first-order chi connectivity index (χ1) is 14.6. The van der Waals surface area contributed by atoms with Gasteiger partial charge in [0, 0.05) is 17.9 Å². The second-order valence-corrected chi connectivity index (χ2v) is 8.59. The molecular weight excluding hydrogens is 422 g/mol. The van der Waals surface area contributed by atoms with Crippen molar-refractivity contribution in [2.45, 2.75) is 17.9 Å². The predicted octanol–water partition coefficient (Wildman–Crippen LogP) is 1.08. The SMILES string of the molecule is COc1ccc(/C=C/C(=O)NC(C)C(=O)NNC(=O)c2ccc(S(C)(=O)=O)cc2)cc1. The Bertz CT molecular complexity index is 1080. The molecule has 1 unspecified atom stereocenters. The van der Waals surface area contributed by atoms with Gasteiger partial charge in [0.1, 0.15) is 11.8 Å². The second-order valence-electron chi connectivity index (χ2n) is 6.58. The molecule has 31 heavy (non-hydrogen) atoms. The Morgan fingerprint density at radius 3 is 2.13 bits per heavy atom. The highest BCUT2D eigenvalue weighted by atomic mass is 32.2. The van der Waals surface area contributed by atoms with Crippen LogP contribution in [0.1, 0.15) is 22.8 Å². The van der Waals surface area contributed by atoms with Gasteiger partial charge in [-0.25, -0.2) is 8.42 Å². The number of nitrogens with one attached hydrogen (secondary N) is 3.